The molecule has 4 heterocycles. The van der Waals surface area contributed by atoms with E-state index in [0.29, 0.717) is 6.54 Å². The average Bonchev–Trinajstić information content (AvgIpc) is 3.41. The summed E-state index contributed by atoms with van der Waals surface area (Å²) in [6.45, 7) is 14.1. The first-order valence-corrected chi connectivity index (χ1v) is 11.7. The first-order chi connectivity index (χ1) is 15.6. The molecule has 4 rings (SSSR count). The van der Waals surface area contributed by atoms with Crippen LogP contribution in [0.3, 0.4) is 0 Å². The maximum absolute atomic E-state index is 12.0. The summed E-state index contributed by atoms with van der Waals surface area (Å²) in [6, 6.07) is 1.99. The zero-order valence-electron chi connectivity index (χ0n) is 20.9. The van der Waals surface area contributed by atoms with Gasteiger partial charge < -0.3 is 15.0 Å². The van der Waals surface area contributed by atoms with Crippen molar-refractivity contribution in [3.8, 4) is 11.3 Å². The third-order valence-corrected chi connectivity index (χ3v) is 5.70. The molecule has 0 spiro atoms. The fraction of sp³-hybridized carbons (Fsp3) is 0.583. The van der Waals surface area contributed by atoms with Crippen molar-refractivity contribution in [1.82, 2.24) is 29.7 Å². The van der Waals surface area contributed by atoms with Crippen molar-refractivity contribution in [2.75, 3.05) is 24.5 Å². The minimum Gasteiger partial charge on any atom is -0.444 e. The van der Waals surface area contributed by atoms with E-state index in [-0.39, 0.29) is 11.5 Å². The number of hydrogen-bond donors (Lipinski definition) is 1. The Morgan fingerprint density at radius 1 is 1.18 bits per heavy atom. The van der Waals surface area contributed by atoms with Crippen LogP contribution in [0, 0.1) is 5.41 Å². The van der Waals surface area contributed by atoms with Gasteiger partial charge >= 0.3 is 6.09 Å². The Kier molecular flexibility index (Phi) is 7.29. The third-order valence-electron chi connectivity index (χ3n) is 5.70. The molecule has 1 fully saturated rings. The molecule has 0 saturated carbocycles. The molecular weight excluding hydrogens is 418 g/mol. The van der Waals surface area contributed by atoms with Gasteiger partial charge in [0, 0.05) is 38.4 Å². The number of ether oxygens (including phenoxy) is 1. The number of rotatable bonds is 4. The van der Waals surface area contributed by atoms with Crippen LogP contribution in [-0.2, 0) is 11.8 Å². The SMILES string of the molecule is CC.Cn1cc(-c2cn3nccc3c(N3CCC(C)(CNC(=O)OC(C)(C)C)CC3)n2)cn1. The van der Waals surface area contributed by atoms with Crippen LogP contribution >= 0.6 is 0 Å². The zero-order valence-corrected chi connectivity index (χ0v) is 20.9. The predicted octanol–water partition coefficient (Wildman–Crippen LogP) is 4.29. The average molecular weight is 456 g/mol. The number of amides is 1. The van der Waals surface area contributed by atoms with Crippen molar-refractivity contribution in [3.63, 3.8) is 0 Å². The van der Waals surface area contributed by atoms with Crippen LogP contribution in [0.2, 0.25) is 0 Å². The Bertz CT molecular complexity index is 1070. The lowest BCUT2D eigenvalue weighted by Crippen LogP contribution is -2.46. The molecule has 3 aromatic rings. The maximum Gasteiger partial charge on any atom is 0.407 e. The third kappa shape index (κ3) is 6.03. The minimum atomic E-state index is -0.490. The topological polar surface area (TPSA) is 89.6 Å². The smallest absolute Gasteiger partial charge is 0.407 e. The summed E-state index contributed by atoms with van der Waals surface area (Å²) in [7, 11) is 1.90. The van der Waals surface area contributed by atoms with Gasteiger partial charge in [-0.05, 0) is 45.1 Å². The molecule has 180 valence electrons. The van der Waals surface area contributed by atoms with E-state index in [2.05, 4.69) is 27.3 Å². The summed E-state index contributed by atoms with van der Waals surface area (Å²) in [4.78, 5) is 19.3. The summed E-state index contributed by atoms with van der Waals surface area (Å²) in [5.41, 5.74) is 2.33. The number of aromatic nitrogens is 5. The van der Waals surface area contributed by atoms with Crippen molar-refractivity contribution in [1.29, 1.82) is 0 Å². The van der Waals surface area contributed by atoms with Crippen LogP contribution in [0.1, 0.15) is 54.4 Å². The van der Waals surface area contributed by atoms with E-state index >= 15 is 0 Å². The normalized spacial score (nSPS) is 15.7. The molecule has 1 N–H and O–H groups in total. The molecule has 9 nitrogen and oxygen atoms in total. The number of hydrogen-bond acceptors (Lipinski definition) is 6. The Balaban J connectivity index is 0.00000149. The largest absolute Gasteiger partial charge is 0.444 e. The van der Waals surface area contributed by atoms with Crippen LogP contribution in [0.15, 0.2) is 30.9 Å². The lowest BCUT2D eigenvalue weighted by molar-refractivity contribution is 0.0495. The molecule has 1 saturated heterocycles. The standard InChI is InChI=1S/C22H31N7O2.C2H6/c1-21(2,3)31-20(30)23-15-22(4)7-10-28(11-8-22)19-18-6-9-24-29(18)14-17(26-19)16-12-25-27(5)13-16;1-2/h6,9,12-14H,7-8,10-11,15H2,1-5H3,(H,23,30);1-2H3. The lowest BCUT2D eigenvalue weighted by Gasteiger charge is -2.40. The fourth-order valence-corrected chi connectivity index (χ4v) is 3.87. The molecule has 9 heteroatoms. The number of carbonyl (C=O) groups excluding carboxylic acids is 1. The Labute approximate surface area is 196 Å². The molecule has 0 bridgehead atoms. The molecule has 1 aliphatic rings. The van der Waals surface area contributed by atoms with E-state index in [1.807, 2.05) is 70.8 Å². The second-order valence-corrected chi connectivity index (χ2v) is 9.67. The summed E-state index contributed by atoms with van der Waals surface area (Å²) in [5, 5.41) is 11.6. The number of alkyl carbamates (subject to hydrolysis) is 1. The van der Waals surface area contributed by atoms with Crippen LogP contribution in [0.25, 0.3) is 16.8 Å². The highest BCUT2D eigenvalue weighted by Crippen LogP contribution is 2.34. The number of nitrogens with zero attached hydrogens (tertiary/aromatic N) is 6. The van der Waals surface area contributed by atoms with Gasteiger partial charge in [-0.15, -0.1) is 0 Å². The van der Waals surface area contributed by atoms with Crippen LogP contribution in [0.5, 0.6) is 0 Å². The second kappa shape index (κ2) is 9.80. The van der Waals surface area contributed by atoms with Crippen LogP contribution in [-0.4, -0.2) is 55.7 Å². The van der Waals surface area contributed by atoms with E-state index < -0.39 is 5.60 Å². The van der Waals surface area contributed by atoms with Crippen molar-refractivity contribution >= 4 is 17.4 Å². The number of anilines is 1. The van der Waals surface area contributed by atoms with Gasteiger partial charge in [-0.2, -0.15) is 10.2 Å². The first-order valence-electron chi connectivity index (χ1n) is 11.7. The van der Waals surface area contributed by atoms with Gasteiger partial charge in [-0.1, -0.05) is 20.8 Å². The zero-order chi connectivity index (χ0) is 24.2. The summed E-state index contributed by atoms with van der Waals surface area (Å²) in [5.74, 6) is 0.931. The first kappa shape index (κ1) is 24.5. The van der Waals surface area contributed by atoms with Gasteiger partial charge in [0.15, 0.2) is 5.82 Å². The van der Waals surface area contributed by atoms with Gasteiger partial charge in [0.2, 0.25) is 0 Å². The Morgan fingerprint density at radius 3 is 2.48 bits per heavy atom. The highest BCUT2D eigenvalue weighted by atomic mass is 16.6. The molecule has 1 amide bonds. The van der Waals surface area contributed by atoms with Gasteiger partial charge in [-0.3, -0.25) is 4.68 Å². The highest BCUT2D eigenvalue weighted by Gasteiger charge is 2.32. The van der Waals surface area contributed by atoms with E-state index in [0.717, 1.165) is 48.5 Å². The molecule has 0 unspecified atom stereocenters. The Morgan fingerprint density at radius 2 is 1.88 bits per heavy atom. The van der Waals surface area contributed by atoms with E-state index in [1.54, 1.807) is 10.9 Å². The quantitative estimate of drug-likeness (QED) is 0.631. The molecule has 0 aliphatic carbocycles. The maximum atomic E-state index is 12.0. The molecule has 0 radical (unpaired) electrons. The van der Waals surface area contributed by atoms with Crippen molar-refractivity contribution in [3.05, 3.63) is 30.9 Å². The molecular formula is C24H37N7O2. The number of nitrogens with one attached hydrogen (secondary N) is 1. The number of fused-ring (bicyclic) bond motifs is 1. The Hall–Kier alpha value is -3.10. The van der Waals surface area contributed by atoms with Crippen LogP contribution < -0.4 is 10.2 Å². The van der Waals surface area contributed by atoms with Crippen LogP contribution in [0.4, 0.5) is 10.6 Å². The second-order valence-electron chi connectivity index (χ2n) is 9.67. The lowest BCUT2D eigenvalue weighted by atomic mass is 9.80. The van der Waals surface area contributed by atoms with Gasteiger partial charge in [0.05, 0.1) is 24.3 Å². The summed E-state index contributed by atoms with van der Waals surface area (Å²) < 4.78 is 9.02. The fourth-order valence-electron chi connectivity index (χ4n) is 3.87. The van der Waals surface area contributed by atoms with Crippen molar-refractivity contribution in [2.24, 2.45) is 12.5 Å². The van der Waals surface area contributed by atoms with Gasteiger partial charge in [-0.25, -0.2) is 14.3 Å². The highest BCUT2D eigenvalue weighted by molar-refractivity contribution is 5.72. The molecule has 3 aromatic heterocycles. The van der Waals surface area contributed by atoms with E-state index in [9.17, 15) is 4.79 Å². The number of aryl methyl sites for hydroxylation is 1. The summed E-state index contributed by atoms with van der Waals surface area (Å²) in [6.07, 6.45) is 9.04. The van der Waals surface area contributed by atoms with Gasteiger partial charge in [0.25, 0.3) is 0 Å². The molecule has 0 atom stereocenters. The molecule has 0 aromatic carbocycles. The molecule has 1 aliphatic heterocycles. The predicted molar refractivity (Wildman–Crippen MR) is 130 cm³/mol. The van der Waals surface area contributed by atoms with Gasteiger partial charge in [0.1, 0.15) is 11.1 Å². The number of carbonyl (C=O) groups is 1. The monoisotopic (exact) mass is 455 g/mol. The van der Waals surface area contributed by atoms with Crippen molar-refractivity contribution in [2.45, 2.75) is 60.0 Å². The van der Waals surface area contributed by atoms with E-state index in [4.69, 9.17) is 9.72 Å². The summed E-state index contributed by atoms with van der Waals surface area (Å²) >= 11 is 0. The van der Waals surface area contributed by atoms with E-state index in [1.165, 1.54) is 0 Å². The minimum absolute atomic E-state index is 0.0187. The number of piperidine rings is 1. The molecule has 33 heavy (non-hydrogen) atoms. The van der Waals surface area contributed by atoms with Crippen molar-refractivity contribution < 1.29 is 9.53 Å².